The van der Waals surface area contributed by atoms with Gasteiger partial charge < -0.3 is 4.74 Å². The lowest BCUT2D eigenvalue weighted by Crippen LogP contribution is -2.22. The molecule has 0 aliphatic carbocycles. The minimum Gasteiger partial charge on any atom is -0.492 e. The maximum Gasteiger partial charge on any atom is 0.219 e. The molecule has 0 saturated heterocycles. The van der Waals surface area contributed by atoms with Crippen molar-refractivity contribution in [2.24, 2.45) is 0 Å². The van der Waals surface area contributed by atoms with Crippen molar-refractivity contribution in [3.8, 4) is 0 Å². The fourth-order valence-electron chi connectivity index (χ4n) is 2.98. The SMILES string of the molecule is C=CCOC1=C(C)C(=O)SC1(C)CCCCCCCCCC. The van der Waals surface area contributed by atoms with Gasteiger partial charge in [0.25, 0.3) is 0 Å². The lowest BCUT2D eigenvalue weighted by atomic mass is 9.97. The topological polar surface area (TPSA) is 26.3 Å². The van der Waals surface area contributed by atoms with Crippen molar-refractivity contribution in [2.75, 3.05) is 6.61 Å². The van der Waals surface area contributed by atoms with Gasteiger partial charge in [0.15, 0.2) is 0 Å². The molecule has 0 radical (unpaired) electrons. The predicted molar refractivity (Wildman–Crippen MR) is 97.1 cm³/mol. The predicted octanol–water partition coefficient (Wildman–Crippen LogP) is 6.03. The lowest BCUT2D eigenvalue weighted by Gasteiger charge is -2.26. The fourth-order valence-corrected chi connectivity index (χ4v) is 4.19. The molecular formula is C19H32O2S. The summed E-state index contributed by atoms with van der Waals surface area (Å²) in [5.74, 6) is 0.880. The molecule has 1 heterocycles. The Bertz CT molecular complexity index is 400. The number of unbranched alkanes of at least 4 members (excludes halogenated alkanes) is 7. The third-order valence-electron chi connectivity index (χ3n) is 4.30. The number of hydrogen-bond acceptors (Lipinski definition) is 3. The molecule has 0 saturated carbocycles. The van der Waals surface area contributed by atoms with Crippen molar-refractivity contribution in [2.45, 2.75) is 83.3 Å². The number of ether oxygens (including phenoxy) is 1. The van der Waals surface area contributed by atoms with Crippen LogP contribution in [0.25, 0.3) is 0 Å². The molecule has 0 aromatic rings. The molecule has 2 nitrogen and oxygen atoms in total. The second-order valence-electron chi connectivity index (χ2n) is 6.40. The molecule has 0 N–H and O–H groups in total. The van der Waals surface area contributed by atoms with Crippen molar-refractivity contribution in [3.05, 3.63) is 24.0 Å². The molecule has 0 bridgehead atoms. The summed E-state index contributed by atoms with van der Waals surface area (Å²) in [5, 5.41) is 0.168. The smallest absolute Gasteiger partial charge is 0.219 e. The Hall–Kier alpha value is -0.700. The maximum atomic E-state index is 12.0. The summed E-state index contributed by atoms with van der Waals surface area (Å²) < 4.78 is 5.62. The first-order valence-electron chi connectivity index (χ1n) is 8.73. The van der Waals surface area contributed by atoms with Gasteiger partial charge in [-0.2, -0.15) is 0 Å². The van der Waals surface area contributed by atoms with Crippen LogP contribution in [0.1, 0.15) is 78.6 Å². The van der Waals surface area contributed by atoms with E-state index in [-0.39, 0.29) is 9.86 Å². The van der Waals surface area contributed by atoms with E-state index in [2.05, 4.69) is 20.4 Å². The van der Waals surface area contributed by atoms with Crippen LogP contribution >= 0.6 is 11.8 Å². The Morgan fingerprint density at radius 1 is 1.14 bits per heavy atom. The van der Waals surface area contributed by atoms with E-state index in [1.54, 1.807) is 6.08 Å². The number of carbonyl (C=O) groups excluding carboxylic acids is 1. The molecule has 22 heavy (non-hydrogen) atoms. The first-order valence-corrected chi connectivity index (χ1v) is 9.55. The molecule has 0 aromatic carbocycles. The van der Waals surface area contributed by atoms with Crippen molar-refractivity contribution in [1.82, 2.24) is 0 Å². The van der Waals surface area contributed by atoms with Gasteiger partial charge in [0.2, 0.25) is 5.12 Å². The first kappa shape index (κ1) is 19.3. The van der Waals surface area contributed by atoms with Crippen LogP contribution in [0.4, 0.5) is 0 Å². The molecule has 0 spiro atoms. The normalized spacial score (nSPS) is 21.5. The largest absolute Gasteiger partial charge is 0.492 e. The van der Waals surface area contributed by atoms with Crippen molar-refractivity contribution >= 4 is 16.9 Å². The number of rotatable bonds is 12. The van der Waals surface area contributed by atoms with E-state index in [1.165, 1.54) is 63.1 Å². The Kier molecular flexibility index (Phi) is 8.92. The summed E-state index contributed by atoms with van der Waals surface area (Å²) in [5.41, 5.74) is 0.786. The zero-order valence-electron chi connectivity index (χ0n) is 14.6. The van der Waals surface area contributed by atoms with Crippen molar-refractivity contribution < 1.29 is 9.53 Å². The second kappa shape index (κ2) is 10.1. The lowest BCUT2D eigenvalue weighted by molar-refractivity contribution is -0.107. The van der Waals surface area contributed by atoms with Gasteiger partial charge in [-0.05, 0) is 20.3 Å². The Morgan fingerprint density at radius 2 is 1.73 bits per heavy atom. The Balaban J connectivity index is 2.33. The van der Waals surface area contributed by atoms with Crippen LogP contribution in [-0.4, -0.2) is 16.5 Å². The second-order valence-corrected chi connectivity index (χ2v) is 7.88. The minimum absolute atomic E-state index is 0.168. The molecule has 0 fully saturated rings. The van der Waals surface area contributed by atoms with E-state index in [9.17, 15) is 4.79 Å². The zero-order valence-corrected chi connectivity index (χ0v) is 15.4. The van der Waals surface area contributed by atoms with Gasteiger partial charge in [-0.3, -0.25) is 4.79 Å². The Morgan fingerprint density at radius 3 is 2.32 bits per heavy atom. The standard InChI is InChI=1S/C19H32O2S/c1-5-7-8-9-10-11-12-13-14-19(4)17(21-15-6-2)16(3)18(20)22-19/h6H,2,5,7-15H2,1,3-4H3. The summed E-state index contributed by atoms with van der Waals surface area (Å²) >= 11 is 1.44. The van der Waals surface area contributed by atoms with Crippen LogP contribution in [0.3, 0.4) is 0 Å². The fraction of sp³-hybridized carbons (Fsp3) is 0.737. The molecule has 1 aliphatic heterocycles. The monoisotopic (exact) mass is 324 g/mol. The highest BCUT2D eigenvalue weighted by molar-refractivity contribution is 8.15. The van der Waals surface area contributed by atoms with Crippen LogP contribution in [0, 0.1) is 0 Å². The number of thioether (sulfide) groups is 1. The van der Waals surface area contributed by atoms with Gasteiger partial charge in [-0.15, -0.1) is 0 Å². The highest BCUT2D eigenvalue weighted by atomic mass is 32.2. The third-order valence-corrected chi connectivity index (χ3v) is 5.63. The zero-order chi connectivity index (χ0) is 16.4. The molecule has 126 valence electrons. The molecule has 0 amide bonds. The Labute approximate surface area is 140 Å². The van der Waals surface area contributed by atoms with Crippen molar-refractivity contribution in [1.29, 1.82) is 0 Å². The van der Waals surface area contributed by atoms with Crippen LogP contribution in [0.15, 0.2) is 24.0 Å². The highest BCUT2D eigenvalue weighted by Crippen LogP contribution is 2.47. The third kappa shape index (κ3) is 5.83. The van der Waals surface area contributed by atoms with E-state index in [4.69, 9.17) is 4.74 Å². The summed E-state index contributed by atoms with van der Waals surface area (Å²) in [6, 6.07) is 0. The van der Waals surface area contributed by atoms with Gasteiger partial charge in [-0.25, -0.2) is 0 Å². The molecule has 1 rings (SSSR count). The van der Waals surface area contributed by atoms with Gasteiger partial charge in [0.1, 0.15) is 12.4 Å². The van der Waals surface area contributed by atoms with Crippen LogP contribution in [-0.2, 0) is 9.53 Å². The van der Waals surface area contributed by atoms with E-state index in [0.29, 0.717) is 6.61 Å². The van der Waals surface area contributed by atoms with E-state index in [1.807, 2.05) is 6.92 Å². The van der Waals surface area contributed by atoms with Crippen LogP contribution in [0.5, 0.6) is 0 Å². The number of hydrogen-bond donors (Lipinski definition) is 0. The molecule has 1 aliphatic rings. The minimum atomic E-state index is -0.174. The van der Waals surface area contributed by atoms with E-state index >= 15 is 0 Å². The number of carbonyl (C=O) groups is 1. The summed E-state index contributed by atoms with van der Waals surface area (Å²) in [4.78, 5) is 12.0. The first-order chi connectivity index (χ1) is 10.5. The van der Waals surface area contributed by atoms with Crippen LogP contribution < -0.4 is 0 Å². The van der Waals surface area contributed by atoms with Gasteiger partial charge in [0, 0.05) is 5.57 Å². The van der Waals surface area contributed by atoms with Gasteiger partial charge in [0.05, 0.1) is 4.75 Å². The van der Waals surface area contributed by atoms with Gasteiger partial charge in [-0.1, -0.05) is 82.7 Å². The molecule has 0 aromatic heterocycles. The molecule has 3 heteroatoms. The van der Waals surface area contributed by atoms with Crippen LogP contribution in [0.2, 0.25) is 0 Å². The average molecular weight is 325 g/mol. The summed E-state index contributed by atoms with van der Waals surface area (Å²) in [6.07, 6.45) is 13.2. The summed E-state index contributed by atoms with van der Waals surface area (Å²) in [6.45, 7) is 10.4. The van der Waals surface area contributed by atoms with Crippen molar-refractivity contribution in [3.63, 3.8) is 0 Å². The molecule has 1 atom stereocenters. The molecular weight excluding hydrogens is 292 g/mol. The molecule has 1 unspecified atom stereocenters. The summed E-state index contributed by atoms with van der Waals surface area (Å²) in [7, 11) is 0. The average Bonchev–Trinajstić information content (AvgIpc) is 2.70. The van der Waals surface area contributed by atoms with E-state index in [0.717, 1.165) is 17.8 Å². The maximum absolute atomic E-state index is 12.0. The van der Waals surface area contributed by atoms with Gasteiger partial charge >= 0.3 is 0 Å². The highest BCUT2D eigenvalue weighted by Gasteiger charge is 2.42. The van der Waals surface area contributed by atoms with E-state index < -0.39 is 0 Å². The quantitative estimate of drug-likeness (QED) is 0.324.